The number of amides is 1. The number of carbonyl (C=O) groups excluding carboxylic acids is 1. The number of hydrogen-bond acceptors (Lipinski definition) is 5. The van der Waals surface area contributed by atoms with Crippen LogP contribution in [0.4, 0.5) is 4.79 Å². The lowest BCUT2D eigenvalue weighted by Crippen LogP contribution is -2.48. The van der Waals surface area contributed by atoms with Gasteiger partial charge in [-0.25, -0.2) is 15.8 Å². The Morgan fingerprint density at radius 2 is 2.10 bits per heavy atom. The highest BCUT2D eigenvalue weighted by molar-refractivity contribution is 5.95. The molecule has 2 rings (SSSR count). The molecule has 7 nitrogen and oxygen atoms in total. The van der Waals surface area contributed by atoms with Crippen LogP contribution in [0.3, 0.4) is 0 Å². The number of nitrogens with zero attached hydrogens (tertiary/aromatic N) is 2. The van der Waals surface area contributed by atoms with Crippen LogP contribution in [0.5, 0.6) is 0 Å². The van der Waals surface area contributed by atoms with Crippen molar-refractivity contribution in [1.29, 1.82) is 0 Å². The number of nitrogens with one attached hydrogen (secondary N) is 1. The minimum absolute atomic E-state index is 0.219. The van der Waals surface area contributed by atoms with Crippen molar-refractivity contribution in [2.75, 3.05) is 7.05 Å². The summed E-state index contributed by atoms with van der Waals surface area (Å²) < 4.78 is 5.15. The van der Waals surface area contributed by atoms with Crippen molar-refractivity contribution in [1.82, 2.24) is 10.4 Å². The van der Waals surface area contributed by atoms with Crippen LogP contribution in [0, 0.1) is 0 Å². The van der Waals surface area contributed by atoms with E-state index in [0.717, 1.165) is 23.5 Å². The number of hydrazine groups is 1. The molecule has 108 valence electrons. The number of ether oxygens (including phenoxy) is 1. The summed E-state index contributed by atoms with van der Waals surface area (Å²) in [4.78, 5) is 11.8. The van der Waals surface area contributed by atoms with E-state index < -0.39 is 11.6 Å². The molecule has 0 spiro atoms. The van der Waals surface area contributed by atoms with Crippen LogP contribution in [0.15, 0.2) is 35.4 Å². The normalized spacial score (nSPS) is 16.4. The van der Waals surface area contributed by atoms with Crippen molar-refractivity contribution >= 4 is 11.9 Å². The fraction of sp³-hybridized carbons (Fsp3) is 0.385. The molecule has 0 saturated heterocycles. The average Bonchev–Trinajstić information content (AvgIpc) is 3.18. The molecule has 1 aromatic rings. The van der Waals surface area contributed by atoms with Gasteiger partial charge in [-0.2, -0.15) is 0 Å². The number of benzene rings is 1. The van der Waals surface area contributed by atoms with Gasteiger partial charge in [-0.3, -0.25) is 0 Å². The van der Waals surface area contributed by atoms with Crippen LogP contribution in [0.2, 0.25) is 0 Å². The van der Waals surface area contributed by atoms with Gasteiger partial charge in [0.05, 0.1) is 0 Å². The SMILES string of the molecule is CN(N)/N=C(\N)C1(NC(=O)OCc2ccccc2)CC1. The number of alkyl carbamates (subject to hydrolysis) is 1. The zero-order valence-electron chi connectivity index (χ0n) is 11.4. The molecule has 0 aliphatic heterocycles. The van der Waals surface area contributed by atoms with Gasteiger partial charge in [-0.1, -0.05) is 30.3 Å². The van der Waals surface area contributed by atoms with Gasteiger partial charge in [-0.15, -0.1) is 5.10 Å². The number of hydrogen-bond donors (Lipinski definition) is 3. The van der Waals surface area contributed by atoms with E-state index in [1.54, 1.807) is 7.05 Å². The number of carbonyl (C=O) groups is 1. The summed E-state index contributed by atoms with van der Waals surface area (Å²) in [6, 6.07) is 9.46. The standard InChI is InChI=1S/C13H19N5O2/c1-18(15)17-11(14)13(7-8-13)16-12(19)20-9-10-5-3-2-4-6-10/h2-6H,7-9,15H2,1H3,(H2,14,17)(H,16,19). The van der Waals surface area contributed by atoms with Crippen molar-refractivity contribution in [2.24, 2.45) is 16.7 Å². The largest absolute Gasteiger partial charge is 0.445 e. The molecular weight excluding hydrogens is 258 g/mol. The molecular formula is C13H19N5O2. The number of rotatable bonds is 5. The number of nitrogens with two attached hydrogens (primary N) is 2. The van der Waals surface area contributed by atoms with Gasteiger partial charge in [0.1, 0.15) is 18.0 Å². The van der Waals surface area contributed by atoms with E-state index in [1.165, 1.54) is 0 Å². The van der Waals surface area contributed by atoms with Crippen LogP contribution < -0.4 is 16.9 Å². The van der Waals surface area contributed by atoms with Gasteiger partial charge in [-0.05, 0) is 18.4 Å². The predicted molar refractivity (Wildman–Crippen MR) is 75.3 cm³/mol. The Balaban J connectivity index is 1.86. The second-order valence-corrected chi connectivity index (χ2v) is 4.83. The first kappa shape index (κ1) is 14.1. The van der Waals surface area contributed by atoms with Crippen molar-refractivity contribution in [3.8, 4) is 0 Å². The van der Waals surface area contributed by atoms with E-state index in [2.05, 4.69) is 10.4 Å². The molecule has 20 heavy (non-hydrogen) atoms. The smallest absolute Gasteiger partial charge is 0.408 e. The van der Waals surface area contributed by atoms with Crippen molar-refractivity contribution in [2.45, 2.75) is 25.0 Å². The molecule has 1 fully saturated rings. The highest BCUT2D eigenvalue weighted by Crippen LogP contribution is 2.35. The van der Waals surface area contributed by atoms with Gasteiger partial charge < -0.3 is 15.8 Å². The molecule has 0 radical (unpaired) electrons. The van der Waals surface area contributed by atoms with Crippen LogP contribution in [0.1, 0.15) is 18.4 Å². The van der Waals surface area contributed by atoms with Gasteiger partial charge in [0.2, 0.25) is 0 Å². The van der Waals surface area contributed by atoms with Crippen LogP contribution in [0.25, 0.3) is 0 Å². The molecule has 0 atom stereocenters. The predicted octanol–water partition coefficient (Wildman–Crippen LogP) is 0.523. The molecule has 1 saturated carbocycles. The highest BCUT2D eigenvalue weighted by atomic mass is 16.5. The summed E-state index contributed by atoms with van der Waals surface area (Å²) in [5.41, 5.74) is 6.15. The monoisotopic (exact) mass is 277 g/mol. The Labute approximate surface area is 117 Å². The summed E-state index contributed by atoms with van der Waals surface area (Å²) in [6.07, 6.45) is 0.955. The molecule has 0 heterocycles. The Kier molecular flexibility index (Phi) is 4.09. The second-order valence-electron chi connectivity index (χ2n) is 4.83. The lowest BCUT2D eigenvalue weighted by molar-refractivity contribution is 0.137. The summed E-state index contributed by atoms with van der Waals surface area (Å²) in [6.45, 7) is 0.219. The summed E-state index contributed by atoms with van der Waals surface area (Å²) in [5.74, 6) is 5.70. The Bertz CT molecular complexity index is 497. The topological polar surface area (TPSA) is 106 Å². The molecule has 7 heteroatoms. The Hall–Kier alpha value is -2.28. The number of hydrazone groups is 1. The van der Waals surface area contributed by atoms with Gasteiger partial charge in [0.25, 0.3) is 0 Å². The first-order valence-corrected chi connectivity index (χ1v) is 6.34. The summed E-state index contributed by atoms with van der Waals surface area (Å²) in [7, 11) is 1.57. The maximum atomic E-state index is 11.8. The minimum atomic E-state index is -0.610. The van der Waals surface area contributed by atoms with Crippen LogP contribution in [-0.4, -0.2) is 29.6 Å². The third-order valence-electron chi connectivity index (χ3n) is 3.06. The van der Waals surface area contributed by atoms with Gasteiger partial charge in [0.15, 0.2) is 0 Å². The molecule has 0 bridgehead atoms. The quantitative estimate of drug-likeness (QED) is 0.315. The lowest BCUT2D eigenvalue weighted by Gasteiger charge is -2.18. The van der Waals surface area contributed by atoms with Gasteiger partial charge in [0, 0.05) is 7.05 Å². The lowest BCUT2D eigenvalue weighted by atomic mass is 10.2. The Morgan fingerprint density at radius 3 is 2.65 bits per heavy atom. The minimum Gasteiger partial charge on any atom is -0.445 e. The maximum Gasteiger partial charge on any atom is 0.408 e. The van der Waals surface area contributed by atoms with Crippen molar-refractivity contribution < 1.29 is 9.53 Å². The molecule has 0 aromatic heterocycles. The summed E-state index contributed by atoms with van der Waals surface area (Å²) in [5, 5.41) is 7.78. The summed E-state index contributed by atoms with van der Waals surface area (Å²) >= 11 is 0. The molecule has 5 N–H and O–H groups in total. The fourth-order valence-corrected chi connectivity index (χ4v) is 1.79. The van der Waals surface area contributed by atoms with E-state index in [4.69, 9.17) is 16.3 Å². The first-order chi connectivity index (χ1) is 9.52. The third kappa shape index (κ3) is 3.61. The van der Waals surface area contributed by atoms with Crippen molar-refractivity contribution in [3.63, 3.8) is 0 Å². The van der Waals surface area contributed by atoms with E-state index in [0.29, 0.717) is 5.84 Å². The van der Waals surface area contributed by atoms with E-state index >= 15 is 0 Å². The molecule has 1 amide bonds. The highest BCUT2D eigenvalue weighted by Gasteiger charge is 2.49. The first-order valence-electron chi connectivity index (χ1n) is 6.34. The third-order valence-corrected chi connectivity index (χ3v) is 3.06. The average molecular weight is 277 g/mol. The molecule has 1 aliphatic rings. The van der Waals surface area contributed by atoms with E-state index in [1.807, 2.05) is 30.3 Å². The number of amidine groups is 1. The maximum absolute atomic E-state index is 11.8. The van der Waals surface area contributed by atoms with Crippen LogP contribution in [-0.2, 0) is 11.3 Å². The molecule has 1 aliphatic carbocycles. The zero-order chi connectivity index (χ0) is 14.6. The fourth-order valence-electron chi connectivity index (χ4n) is 1.79. The molecule has 0 unspecified atom stereocenters. The molecule has 1 aromatic carbocycles. The van der Waals surface area contributed by atoms with E-state index in [-0.39, 0.29) is 6.61 Å². The van der Waals surface area contributed by atoms with Crippen LogP contribution >= 0.6 is 0 Å². The Morgan fingerprint density at radius 1 is 1.45 bits per heavy atom. The van der Waals surface area contributed by atoms with Gasteiger partial charge >= 0.3 is 6.09 Å². The van der Waals surface area contributed by atoms with E-state index in [9.17, 15) is 4.79 Å². The van der Waals surface area contributed by atoms with Crippen molar-refractivity contribution in [3.05, 3.63) is 35.9 Å². The zero-order valence-corrected chi connectivity index (χ0v) is 11.4. The second kappa shape index (κ2) is 5.79.